The third kappa shape index (κ3) is 4.37. The van der Waals surface area contributed by atoms with Crippen LogP contribution in [0, 0.1) is 10.1 Å². The van der Waals surface area contributed by atoms with E-state index in [0.717, 1.165) is 0 Å². The summed E-state index contributed by atoms with van der Waals surface area (Å²) in [7, 11) is 0. The third-order valence-electron chi connectivity index (χ3n) is 3.88. The lowest BCUT2D eigenvalue weighted by Crippen LogP contribution is -2.22. The van der Waals surface area contributed by atoms with Crippen LogP contribution in [0.25, 0.3) is 5.78 Å². The number of hydrogen-bond acceptors (Lipinski definition) is 8. The van der Waals surface area contributed by atoms with Crippen molar-refractivity contribution in [3.63, 3.8) is 0 Å². The molecule has 11 nitrogen and oxygen atoms in total. The Hall–Kier alpha value is -3.41. The van der Waals surface area contributed by atoms with Crippen molar-refractivity contribution in [3.05, 3.63) is 56.6 Å². The number of benzene rings is 1. The number of nitro benzene ring substituents is 1. The number of non-ortho nitro benzene ring substituents is 1. The second-order valence-electron chi connectivity index (χ2n) is 6.23. The van der Waals surface area contributed by atoms with Gasteiger partial charge in [-0.1, -0.05) is 13.8 Å². The monoisotopic (exact) mass is 462 g/mol. The van der Waals surface area contributed by atoms with E-state index in [1.807, 2.05) is 13.8 Å². The van der Waals surface area contributed by atoms with Crippen LogP contribution >= 0.6 is 15.9 Å². The molecule has 0 atom stereocenters. The Balaban J connectivity index is 1.69. The van der Waals surface area contributed by atoms with E-state index in [1.165, 1.54) is 35.2 Å². The minimum absolute atomic E-state index is 0.0744. The largest absolute Gasteiger partial charge is 0.452 e. The summed E-state index contributed by atoms with van der Waals surface area (Å²) in [5.41, 5.74) is 0.932. The van der Waals surface area contributed by atoms with E-state index in [4.69, 9.17) is 4.74 Å². The van der Waals surface area contributed by atoms with E-state index >= 15 is 0 Å². The maximum atomic E-state index is 12.5. The van der Waals surface area contributed by atoms with E-state index in [0.29, 0.717) is 21.6 Å². The average molecular weight is 463 g/mol. The first-order chi connectivity index (χ1) is 13.8. The molecule has 0 aliphatic heterocycles. The van der Waals surface area contributed by atoms with Crippen LogP contribution in [-0.4, -0.2) is 43.0 Å². The van der Waals surface area contributed by atoms with Crippen LogP contribution in [0.1, 0.15) is 35.8 Å². The summed E-state index contributed by atoms with van der Waals surface area (Å²) in [5, 5.41) is 17.3. The molecule has 0 saturated heterocycles. The van der Waals surface area contributed by atoms with Gasteiger partial charge < -0.3 is 10.1 Å². The number of hydrogen-bond donors (Lipinski definition) is 1. The van der Waals surface area contributed by atoms with Gasteiger partial charge in [-0.2, -0.15) is 10.1 Å². The van der Waals surface area contributed by atoms with Gasteiger partial charge in [-0.3, -0.25) is 14.9 Å². The van der Waals surface area contributed by atoms with Gasteiger partial charge in [0.05, 0.1) is 21.9 Å². The fraction of sp³-hybridized carbons (Fsp3) is 0.235. The van der Waals surface area contributed by atoms with Gasteiger partial charge in [-0.05, 0) is 27.9 Å². The minimum Gasteiger partial charge on any atom is -0.452 e. The van der Waals surface area contributed by atoms with Crippen LogP contribution in [0.5, 0.6) is 0 Å². The zero-order valence-electron chi connectivity index (χ0n) is 15.3. The highest BCUT2D eigenvalue weighted by Crippen LogP contribution is 2.27. The first-order valence-corrected chi connectivity index (χ1v) is 9.16. The van der Waals surface area contributed by atoms with E-state index in [-0.39, 0.29) is 17.2 Å². The number of fused-ring (bicyclic) bond motifs is 1. The van der Waals surface area contributed by atoms with Crippen LogP contribution in [0.4, 0.5) is 11.4 Å². The molecule has 0 spiro atoms. The topological polar surface area (TPSA) is 142 Å². The van der Waals surface area contributed by atoms with Gasteiger partial charge in [0.1, 0.15) is 6.33 Å². The summed E-state index contributed by atoms with van der Waals surface area (Å²) in [4.78, 5) is 42.9. The van der Waals surface area contributed by atoms with Crippen molar-refractivity contribution in [2.45, 2.75) is 19.8 Å². The summed E-state index contributed by atoms with van der Waals surface area (Å²) in [6.07, 6.45) is 2.67. The fourth-order valence-electron chi connectivity index (χ4n) is 2.62. The molecule has 3 aromatic rings. The van der Waals surface area contributed by atoms with Gasteiger partial charge in [0.25, 0.3) is 17.4 Å². The summed E-state index contributed by atoms with van der Waals surface area (Å²) < 4.78 is 6.89. The Morgan fingerprint density at radius 2 is 2.10 bits per heavy atom. The second kappa shape index (κ2) is 8.31. The van der Waals surface area contributed by atoms with E-state index in [2.05, 4.69) is 36.3 Å². The number of rotatable bonds is 6. The number of halogens is 1. The highest BCUT2D eigenvalue weighted by Gasteiger charge is 2.21. The first-order valence-electron chi connectivity index (χ1n) is 8.37. The van der Waals surface area contributed by atoms with Crippen molar-refractivity contribution in [1.29, 1.82) is 0 Å². The van der Waals surface area contributed by atoms with Gasteiger partial charge in [-0.25, -0.2) is 14.3 Å². The Labute approximate surface area is 172 Å². The highest BCUT2D eigenvalue weighted by molar-refractivity contribution is 9.10. The number of nitro groups is 1. The number of carbonyl (C=O) groups is 2. The summed E-state index contributed by atoms with van der Waals surface area (Å²) in [6.45, 7) is 3.22. The highest BCUT2D eigenvalue weighted by atomic mass is 79.9. The molecule has 150 valence electrons. The molecule has 0 bridgehead atoms. The molecule has 0 radical (unpaired) electrons. The number of amides is 1. The molecule has 0 fully saturated rings. The summed E-state index contributed by atoms with van der Waals surface area (Å²) in [5.74, 6) is -1.05. The fourth-order valence-corrected chi connectivity index (χ4v) is 3.09. The van der Waals surface area contributed by atoms with Gasteiger partial charge >= 0.3 is 5.97 Å². The molecule has 0 aliphatic rings. The molecule has 0 unspecified atom stereocenters. The molecule has 1 N–H and O–H groups in total. The lowest BCUT2D eigenvalue weighted by Gasteiger charge is -2.13. The van der Waals surface area contributed by atoms with E-state index in [9.17, 15) is 19.7 Å². The Morgan fingerprint density at radius 1 is 1.34 bits per heavy atom. The number of carbonyl (C=O) groups excluding carboxylic acids is 2. The normalized spacial score (nSPS) is 10.9. The predicted octanol–water partition coefficient (Wildman–Crippen LogP) is 2.71. The van der Waals surface area contributed by atoms with Crippen molar-refractivity contribution in [1.82, 2.24) is 19.6 Å². The summed E-state index contributed by atoms with van der Waals surface area (Å²) >= 11 is 3.15. The van der Waals surface area contributed by atoms with Crippen molar-refractivity contribution in [2.24, 2.45) is 0 Å². The Morgan fingerprint density at radius 3 is 2.76 bits per heavy atom. The number of nitrogens with one attached hydrogen (secondary N) is 1. The zero-order valence-corrected chi connectivity index (χ0v) is 16.9. The van der Waals surface area contributed by atoms with Crippen molar-refractivity contribution >= 4 is 45.0 Å². The van der Waals surface area contributed by atoms with Crippen LogP contribution in [0.2, 0.25) is 0 Å². The van der Waals surface area contributed by atoms with Crippen LogP contribution < -0.4 is 5.32 Å². The first kappa shape index (κ1) is 20.3. The minimum atomic E-state index is -0.725. The third-order valence-corrected chi connectivity index (χ3v) is 4.54. The number of ether oxygens (including phenoxy) is 1. The van der Waals surface area contributed by atoms with E-state index < -0.39 is 23.4 Å². The quantitative estimate of drug-likeness (QED) is 0.334. The smallest absolute Gasteiger partial charge is 0.342 e. The molecule has 2 aromatic heterocycles. The molecule has 2 heterocycles. The van der Waals surface area contributed by atoms with Crippen LogP contribution in [0.3, 0.4) is 0 Å². The molecule has 3 rings (SSSR count). The number of aromatic nitrogens is 4. The van der Waals surface area contributed by atoms with Gasteiger partial charge in [0.2, 0.25) is 0 Å². The number of esters is 1. The molecule has 1 amide bonds. The lowest BCUT2D eigenvalue weighted by atomic mass is 10.1. The lowest BCUT2D eigenvalue weighted by molar-refractivity contribution is -0.384. The SMILES string of the molecule is CC(C)c1c(C(=O)OCC(=O)Nc2ccc([N+](=O)[O-])cc2Br)cnc2ncnn12. The van der Waals surface area contributed by atoms with Crippen molar-refractivity contribution in [3.8, 4) is 0 Å². The Bertz CT molecular complexity index is 1110. The van der Waals surface area contributed by atoms with Crippen LogP contribution in [-0.2, 0) is 9.53 Å². The molecule has 0 aliphatic carbocycles. The molecule has 1 aromatic carbocycles. The maximum absolute atomic E-state index is 12.5. The van der Waals surface area contributed by atoms with Gasteiger partial charge in [0, 0.05) is 22.8 Å². The van der Waals surface area contributed by atoms with Gasteiger partial charge in [0.15, 0.2) is 6.61 Å². The maximum Gasteiger partial charge on any atom is 0.342 e. The molecule has 0 saturated carbocycles. The number of anilines is 1. The number of nitrogens with zero attached hydrogens (tertiary/aromatic N) is 5. The van der Waals surface area contributed by atoms with Gasteiger partial charge in [-0.15, -0.1) is 0 Å². The van der Waals surface area contributed by atoms with Crippen molar-refractivity contribution in [2.75, 3.05) is 11.9 Å². The molecule has 12 heteroatoms. The standard InChI is InChI=1S/C17H15BrN6O5/c1-9(2)15-11(6-19-17-20-8-21-23(15)17)16(26)29-7-14(25)22-13-4-3-10(24(27)28)5-12(13)18/h3-6,8-9H,7H2,1-2H3,(H,22,25). The predicted molar refractivity (Wildman–Crippen MR) is 105 cm³/mol. The van der Waals surface area contributed by atoms with Crippen molar-refractivity contribution < 1.29 is 19.2 Å². The zero-order chi connectivity index (χ0) is 21.1. The van der Waals surface area contributed by atoms with E-state index in [1.54, 1.807) is 0 Å². The Kier molecular flexibility index (Phi) is 5.82. The second-order valence-corrected chi connectivity index (χ2v) is 7.08. The van der Waals surface area contributed by atoms with Crippen LogP contribution in [0.15, 0.2) is 35.2 Å². The molecular formula is C17H15BrN6O5. The molecule has 29 heavy (non-hydrogen) atoms. The molecular weight excluding hydrogens is 448 g/mol. The summed E-state index contributed by atoms with van der Waals surface area (Å²) in [6, 6.07) is 3.89. The average Bonchev–Trinajstić information content (AvgIpc) is 3.15.